The van der Waals surface area contributed by atoms with Gasteiger partial charge < -0.3 is 10.6 Å². The molecule has 106 valence electrons. The minimum absolute atomic E-state index is 0.266. The fourth-order valence-corrected chi connectivity index (χ4v) is 4.35. The summed E-state index contributed by atoms with van der Waals surface area (Å²) in [5, 5.41) is 0. The zero-order valence-corrected chi connectivity index (χ0v) is 12.7. The summed E-state index contributed by atoms with van der Waals surface area (Å²) in [6, 6.07) is 2.15. The molecule has 0 spiro atoms. The summed E-state index contributed by atoms with van der Waals surface area (Å²) in [4.78, 5) is 5.31. The van der Waals surface area contributed by atoms with Crippen molar-refractivity contribution in [3.8, 4) is 0 Å². The van der Waals surface area contributed by atoms with Gasteiger partial charge in [-0.3, -0.25) is 4.90 Å². The fourth-order valence-electron chi connectivity index (χ4n) is 4.35. The molecule has 2 aliphatic heterocycles. The monoisotopic (exact) mass is 253 g/mol. The maximum Gasteiger partial charge on any atom is 0.0364 e. The summed E-state index contributed by atoms with van der Waals surface area (Å²) in [5.74, 6) is 0. The smallest absolute Gasteiger partial charge is 0.0364 e. The molecule has 2 aliphatic rings. The van der Waals surface area contributed by atoms with Gasteiger partial charge in [0.15, 0.2) is 0 Å². The average molecular weight is 253 g/mol. The number of fused-ring (bicyclic) bond motifs is 2. The van der Waals surface area contributed by atoms with Crippen LogP contribution < -0.4 is 5.73 Å². The first-order valence-electron chi connectivity index (χ1n) is 7.73. The van der Waals surface area contributed by atoms with E-state index in [1.54, 1.807) is 0 Å². The lowest BCUT2D eigenvalue weighted by molar-refractivity contribution is -0.0167. The first kappa shape index (κ1) is 14.3. The molecule has 2 atom stereocenters. The SMILES string of the molecule is CCCN(C(C)C)C1(CN)CC2CCC(C1)N2C. The molecule has 0 saturated carbocycles. The molecule has 0 aromatic rings. The van der Waals surface area contributed by atoms with Crippen molar-refractivity contribution in [3.05, 3.63) is 0 Å². The molecule has 2 unspecified atom stereocenters. The standard InChI is InChI=1S/C15H31N3/c1-5-8-18(12(2)3)15(11-16)9-13-6-7-14(10-15)17(13)4/h12-14H,5-11,16H2,1-4H3. The fraction of sp³-hybridized carbons (Fsp3) is 1.00. The van der Waals surface area contributed by atoms with Gasteiger partial charge in [-0.15, -0.1) is 0 Å². The minimum Gasteiger partial charge on any atom is -0.329 e. The van der Waals surface area contributed by atoms with Gasteiger partial charge in [-0.2, -0.15) is 0 Å². The van der Waals surface area contributed by atoms with Gasteiger partial charge in [0, 0.05) is 30.2 Å². The van der Waals surface area contributed by atoms with Crippen molar-refractivity contribution in [3.63, 3.8) is 0 Å². The van der Waals surface area contributed by atoms with Crippen molar-refractivity contribution in [2.24, 2.45) is 5.73 Å². The van der Waals surface area contributed by atoms with Crippen LogP contribution in [0.2, 0.25) is 0 Å². The molecule has 0 aromatic heterocycles. The Morgan fingerprint density at radius 2 is 1.83 bits per heavy atom. The lowest BCUT2D eigenvalue weighted by Gasteiger charge is -2.52. The Labute approximate surface area is 113 Å². The molecule has 0 radical (unpaired) electrons. The third-order valence-electron chi connectivity index (χ3n) is 5.29. The Morgan fingerprint density at radius 1 is 1.28 bits per heavy atom. The summed E-state index contributed by atoms with van der Waals surface area (Å²) < 4.78 is 0. The van der Waals surface area contributed by atoms with E-state index in [9.17, 15) is 0 Å². The van der Waals surface area contributed by atoms with Crippen LogP contribution in [0.25, 0.3) is 0 Å². The Balaban J connectivity index is 2.20. The van der Waals surface area contributed by atoms with Crippen LogP contribution in [0.4, 0.5) is 0 Å². The molecule has 0 aromatic carbocycles. The van der Waals surface area contributed by atoms with Crippen molar-refractivity contribution >= 4 is 0 Å². The van der Waals surface area contributed by atoms with E-state index in [0.29, 0.717) is 6.04 Å². The van der Waals surface area contributed by atoms with Crippen LogP contribution in [0, 0.1) is 0 Å². The van der Waals surface area contributed by atoms with E-state index in [0.717, 1.165) is 18.6 Å². The lowest BCUT2D eigenvalue weighted by atomic mass is 9.80. The van der Waals surface area contributed by atoms with Crippen molar-refractivity contribution < 1.29 is 0 Å². The number of nitrogens with two attached hydrogens (primary N) is 1. The first-order chi connectivity index (χ1) is 8.54. The molecule has 2 N–H and O–H groups in total. The lowest BCUT2D eigenvalue weighted by Crippen LogP contribution is -2.63. The van der Waals surface area contributed by atoms with Crippen LogP contribution in [0.5, 0.6) is 0 Å². The summed E-state index contributed by atoms with van der Waals surface area (Å²) in [5.41, 5.74) is 6.51. The van der Waals surface area contributed by atoms with E-state index < -0.39 is 0 Å². The number of rotatable bonds is 5. The average Bonchev–Trinajstić information content (AvgIpc) is 2.58. The molecule has 2 heterocycles. The van der Waals surface area contributed by atoms with Gasteiger partial charge in [-0.05, 0) is 59.5 Å². The zero-order chi connectivity index (χ0) is 13.3. The predicted octanol–water partition coefficient (Wildman–Crippen LogP) is 2.06. The van der Waals surface area contributed by atoms with Gasteiger partial charge in [-0.1, -0.05) is 6.92 Å². The largest absolute Gasteiger partial charge is 0.329 e. The van der Waals surface area contributed by atoms with Crippen LogP contribution in [-0.2, 0) is 0 Å². The molecule has 0 aliphatic carbocycles. The van der Waals surface area contributed by atoms with E-state index in [2.05, 4.69) is 37.6 Å². The van der Waals surface area contributed by atoms with Crippen molar-refractivity contribution in [1.82, 2.24) is 9.80 Å². The van der Waals surface area contributed by atoms with E-state index >= 15 is 0 Å². The summed E-state index contributed by atoms with van der Waals surface area (Å²) in [6.45, 7) is 8.95. The molecule has 2 saturated heterocycles. The molecule has 2 bridgehead atoms. The maximum atomic E-state index is 6.24. The van der Waals surface area contributed by atoms with Crippen LogP contribution in [0.15, 0.2) is 0 Å². The number of piperidine rings is 1. The first-order valence-corrected chi connectivity index (χ1v) is 7.73. The van der Waals surface area contributed by atoms with E-state index in [1.165, 1.54) is 38.6 Å². The van der Waals surface area contributed by atoms with Crippen LogP contribution in [-0.4, -0.2) is 53.6 Å². The highest BCUT2D eigenvalue weighted by Gasteiger charge is 2.49. The number of hydrogen-bond donors (Lipinski definition) is 1. The highest BCUT2D eigenvalue weighted by Crippen LogP contribution is 2.43. The van der Waals surface area contributed by atoms with Gasteiger partial charge in [0.05, 0.1) is 0 Å². The zero-order valence-electron chi connectivity index (χ0n) is 12.7. The predicted molar refractivity (Wildman–Crippen MR) is 77.7 cm³/mol. The Morgan fingerprint density at radius 3 is 2.22 bits per heavy atom. The van der Waals surface area contributed by atoms with Gasteiger partial charge in [-0.25, -0.2) is 0 Å². The van der Waals surface area contributed by atoms with Crippen molar-refractivity contribution in [2.45, 2.75) is 76.5 Å². The Kier molecular flexibility index (Phi) is 4.35. The normalized spacial score (nSPS) is 36.8. The Bertz CT molecular complexity index is 263. The third-order valence-corrected chi connectivity index (χ3v) is 5.29. The topological polar surface area (TPSA) is 32.5 Å². The minimum atomic E-state index is 0.266. The third kappa shape index (κ3) is 2.33. The van der Waals surface area contributed by atoms with Crippen LogP contribution in [0.3, 0.4) is 0 Å². The summed E-state index contributed by atoms with van der Waals surface area (Å²) >= 11 is 0. The second kappa shape index (κ2) is 5.48. The van der Waals surface area contributed by atoms with Crippen LogP contribution >= 0.6 is 0 Å². The highest BCUT2D eigenvalue weighted by atomic mass is 15.3. The van der Waals surface area contributed by atoms with E-state index in [4.69, 9.17) is 5.73 Å². The van der Waals surface area contributed by atoms with Gasteiger partial charge in [0.1, 0.15) is 0 Å². The quantitative estimate of drug-likeness (QED) is 0.814. The van der Waals surface area contributed by atoms with Gasteiger partial charge in [0.2, 0.25) is 0 Å². The number of hydrogen-bond acceptors (Lipinski definition) is 3. The molecular weight excluding hydrogens is 222 g/mol. The van der Waals surface area contributed by atoms with Crippen LogP contribution in [0.1, 0.15) is 52.9 Å². The highest BCUT2D eigenvalue weighted by molar-refractivity contribution is 5.07. The summed E-state index contributed by atoms with van der Waals surface area (Å²) in [7, 11) is 2.31. The van der Waals surface area contributed by atoms with E-state index in [-0.39, 0.29) is 5.54 Å². The second-order valence-corrected chi connectivity index (χ2v) is 6.67. The van der Waals surface area contributed by atoms with E-state index in [1.807, 2.05) is 0 Å². The Hall–Kier alpha value is -0.120. The van der Waals surface area contributed by atoms with Crippen molar-refractivity contribution in [1.29, 1.82) is 0 Å². The molecule has 3 nitrogen and oxygen atoms in total. The van der Waals surface area contributed by atoms with Gasteiger partial charge in [0.25, 0.3) is 0 Å². The molecule has 3 heteroatoms. The number of nitrogens with zero attached hydrogens (tertiary/aromatic N) is 2. The molecule has 2 rings (SSSR count). The molecule has 0 amide bonds. The van der Waals surface area contributed by atoms with Crippen molar-refractivity contribution in [2.75, 3.05) is 20.1 Å². The molecule has 18 heavy (non-hydrogen) atoms. The molecular formula is C15H31N3. The van der Waals surface area contributed by atoms with Gasteiger partial charge >= 0.3 is 0 Å². The molecule has 2 fully saturated rings. The second-order valence-electron chi connectivity index (χ2n) is 6.67. The maximum absolute atomic E-state index is 6.24. The summed E-state index contributed by atoms with van der Waals surface area (Å²) in [6.07, 6.45) is 6.52.